The van der Waals surface area contributed by atoms with Gasteiger partial charge in [-0.15, -0.1) is 0 Å². The fraction of sp³-hybridized carbons (Fsp3) is 0.318. The molecule has 0 atom stereocenters. The largest absolute Gasteiger partial charge is 0.387 e. The minimum absolute atomic E-state index is 0.0445. The molecule has 1 aliphatic rings. The van der Waals surface area contributed by atoms with Crippen LogP contribution in [0, 0.1) is 5.82 Å². The van der Waals surface area contributed by atoms with Crippen LogP contribution in [0.4, 0.5) is 10.1 Å². The van der Waals surface area contributed by atoms with Gasteiger partial charge in [0.2, 0.25) is 10.0 Å². The number of aromatic amines is 1. The lowest BCUT2D eigenvalue weighted by molar-refractivity contribution is -0.0607. The van der Waals surface area contributed by atoms with E-state index in [9.17, 15) is 22.7 Å². The van der Waals surface area contributed by atoms with Crippen LogP contribution in [0.5, 0.6) is 0 Å². The van der Waals surface area contributed by atoms with Gasteiger partial charge < -0.3 is 20.1 Å². The molecule has 1 aromatic heterocycles. The second-order valence-electron chi connectivity index (χ2n) is 8.05. The number of aliphatic hydroxyl groups is 1. The number of anilines is 1. The van der Waals surface area contributed by atoms with Gasteiger partial charge >= 0.3 is 0 Å². The highest BCUT2D eigenvalue weighted by molar-refractivity contribution is 7.89. The Labute approximate surface area is 195 Å². The first kappa shape index (κ1) is 23.7. The van der Waals surface area contributed by atoms with Crippen LogP contribution in [-0.2, 0) is 14.8 Å². The zero-order chi connectivity index (χ0) is 23.8. The van der Waals surface area contributed by atoms with Crippen LogP contribution in [0.3, 0.4) is 0 Å². The minimum Gasteiger partial charge on any atom is -0.387 e. The van der Waals surface area contributed by atoms with Gasteiger partial charge in [-0.2, -0.15) is 4.31 Å². The van der Waals surface area contributed by atoms with E-state index in [1.807, 2.05) is 0 Å². The van der Waals surface area contributed by atoms with Crippen molar-refractivity contribution in [3.05, 3.63) is 59.0 Å². The van der Waals surface area contributed by atoms with E-state index in [0.29, 0.717) is 10.9 Å². The Kier molecular flexibility index (Phi) is 6.47. The number of fused-ring (bicyclic) bond motifs is 1. The number of halogens is 2. The molecule has 0 unspecified atom stereocenters. The van der Waals surface area contributed by atoms with Gasteiger partial charge in [-0.25, -0.2) is 12.8 Å². The highest BCUT2D eigenvalue weighted by Gasteiger charge is 2.37. The van der Waals surface area contributed by atoms with Gasteiger partial charge in [0.05, 0.1) is 27.7 Å². The number of H-pyrrole nitrogens is 1. The van der Waals surface area contributed by atoms with E-state index in [1.165, 1.54) is 35.7 Å². The summed E-state index contributed by atoms with van der Waals surface area (Å²) in [5, 5.41) is 13.5. The zero-order valence-electron chi connectivity index (χ0n) is 17.8. The molecule has 33 heavy (non-hydrogen) atoms. The number of amides is 1. The summed E-state index contributed by atoms with van der Waals surface area (Å²) in [6.07, 6.45) is 2.09. The number of benzene rings is 2. The van der Waals surface area contributed by atoms with Gasteiger partial charge in [-0.1, -0.05) is 11.6 Å². The van der Waals surface area contributed by atoms with Crippen molar-refractivity contribution in [2.75, 3.05) is 32.1 Å². The van der Waals surface area contributed by atoms with Crippen molar-refractivity contribution in [3.63, 3.8) is 0 Å². The topological polar surface area (TPSA) is 112 Å². The number of ether oxygens (including phenoxy) is 1. The van der Waals surface area contributed by atoms with Gasteiger partial charge in [-0.3, -0.25) is 4.79 Å². The van der Waals surface area contributed by atoms with Crippen molar-refractivity contribution in [1.29, 1.82) is 0 Å². The number of piperidine rings is 1. The first-order valence-corrected chi connectivity index (χ1v) is 12.0. The number of rotatable bonds is 6. The zero-order valence-corrected chi connectivity index (χ0v) is 19.3. The second kappa shape index (κ2) is 9.03. The summed E-state index contributed by atoms with van der Waals surface area (Å²) < 4.78 is 46.5. The molecule has 1 amide bonds. The van der Waals surface area contributed by atoms with Crippen LogP contribution in [0.2, 0.25) is 5.02 Å². The number of carbonyl (C=O) groups is 1. The second-order valence-corrected chi connectivity index (χ2v) is 10.4. The van der Waals surface area contributed by atoms with Gasteiger partial charge in [0.1, 0.15) is 5.82 Å². The third-order valence-corrected chi connectivity index (χ3v) is 7.93. The first-order valence-electron chi connectivity index (χ1n) is 10.2. The third kappa shape index (κ3) is 4.75. The Bertz CT molecular complexity index is 1300. The summed E-state index contributed by atoms with van der Waals surface area (Å²) >= 11 is 5.79. The highest BCUT2D eigenvalue weighted by Crippen LogP contribution is 2.30. The van der Waals surface area contributed by atoms with Crippen LogP contribution >= 0.6 is 11.6 Å². The number of nitrogens with zero attached hydrogens (tertiary/aromatic N) is 1. The molecule has 4 rings (SSSR count). The van der Waals surface area contributed by atoms with Crippen LogP contribution in [-0.4, -0.2) is 61.1 Å². The summed E-state index contributed by atoms with van der Waals surface area (Å²) in [5.41, 5.74) is -0.171. The molecule has 3 aromatic rings. The molecule has 11 heteroatoms. The molecule has 176 valence electrons. The van der Waals surface area contributed by atoms with Crippen LogP contribution < -0.4 is 5.32 Å². The number of aromatic nitrogens is 1. The van der Waals surface area contributed by atoms with Crippen molar-refractivity contribution in [3.8, 4) is 0 Å². The van der Waals surface area contributed by atoms with Gasteiger partial charge in [-0.05, 0) is 49.2 Å². The van der Waals surface area contributed by atoms with E-state index in [2.05, 4.69) is 10.3 Å². The molecule has 1 saturated heterocycles. The lowest BCUT2D eigenvalue weighted by Gasteiger charge is -2.37. The summed E-state index contributed by atoms with van der Waals surface area (Å²) in [6, 6.07) is 8.24. The normalized spacial score (nSPS) is 16.7. The number of hydrogen-bond donors (Lipinski definition) is 3. The average molecular weight is 496 g/mol. The number of hydrogen-bond acceptors (Lipinski definition) is 5. The van der Waals surface area contributed by atoms with E-state index in [4.69, 9.17) is 16.3 Å². The van der Waals surface area contributed by atoms with E-state index in [-0.39, 0.29) is 53.7 Å². The maximum atomic E-state index is 13.4. The molecular formula is C22H23ClFN3O5S. The Morgan fingerprint density at radius 3 is 2.67 bits per heavy atom. The van der Waals surface area contributed by atoms with Crippen molar-refractivity contribution in [2.24, 2.45) is 0 Å². The van der Waals surface area contributed by atoms with Crippen molar-refractivity contribution in [2.45, 2.75) is 23.3 Å². The molecule has 8 nitrogen and oxygen atoms in total. The number of carbonyl (C=O) groups excluding carboxylic acids is 1. The number of sulfonamides is 1. The van der Waals surface area contributed by atoms with Crippen LogP contribution in [0.1, 0.15) is 23.2 Å². The molecule has 0 bridgehead atoms. The summed E-state index contributed by atoms with van der Waals surface area (Å²) in [6.45, 7) is 0.383. The molecule has 0 spiro atoms. The molecule has 1 aliphatic heterocycles. The summed E-state index contributed by atoms with van der Waals surface area (Å²) in [5.74, 6) is -1.18. The molecule has 3 N–H and O–H groups in total. The quantitative estimate of drug-likeness (QED) is 0.485. The predicted octanol–water partition coefficient (Wildman–Crippen LogP) is 3.37. The molecular weight excluding hydrogens is 473 g/mol. The molecule has 2 heterocycles. The summed E-state index contributed by atoms with van der Waals surface area (Å²) in [4.78, 5) is 15.9. The van der Waals surface area contributed by atoms with E-state index in [0.717, 1.165) is 6.07 Å². The third-order valence-electron chi connectivity index (χ3n) is 5.77. The van der Waals surface area contributed by atoms with Crippen LogP contribution in [0.25, 0.3) is 10.9 Å². The Morgan fingerprint density at radius 2 is 2.00 bits per heavy atom. The SMILES string of the molecule is COCC1(O)CCN(S(=O)(=O)c2cc(C(=O)Nc3ccc(F)c(Cl)c3)c3cc[nH]c3c2)CC1. The van der Waals surface area contributed by atoms with Gasteiger partial charge in [0.15, 0.2) is 0 Å². The first-order chi connectivity index (χ1) is 15.6. The molecule has 0 aliphatic carbocycles. The van der Waals surface area contributed by atoms with Crippen molar-refractivity contribution >= 4 is 44.1 Å². The number of methoxy groups -OCH3 is 1. The predicted molar refractivity (Wildman–Crippen MR) is 122 cm³/mol. The Balaban J connectivity index is 1.64. The van der Waals surface area contributed by atoms with E-state index in [1.54, 1.807) is 12.3 Å². The molecule has 0 saturated carbocycles. The molecule has 2 aromatic carbocycles. The standard InChI is InChI=1S/C22H23ClFN3O5S/c1-32-13-22(29)5-8-27(9-6-22)33(30,31)15-11-17(16-4-7-25-20(16)12-15)21(28)26-14-2-3-19(24)18(23)10-14/h2-4,7,10-12,25,29H,5-6,8-9,13H2,1H3,(H,26,28). The highest BCUT2D eigenvalue weighted by atomic mass is 35.5. The monoisotopic (exact) mass is 495 g/mol. The lowest BCUT2D eigenvalue weighted by Crippen LogP contribution is -2.48. The Morgan fingerprint density at radius 1 is 1.27 bits per heavy atom. The van der Waals surface area contributed by atoms with E-state index < -0.39 is 27.3 Å². The average Bonchev–Trinajstić information content (AvgIpc) is 3.24. The van der Waals surface area contributed by atoms with E-state index >= 15 is 0 Å². The lowest BCUT2D eigenvalue weighted by atomic mass is 9.94. The summed E-state index contributed by atoms with van der Waals surface area (Å²) in [7, 11) is -2.44. The van der Waals surface area contributed by atoms with Gasteiger partial charge in [0, 0.05) is 43.0 Å². The van der Waals surface area contributed by atoms with Gasteiger partial charge in [0.25, 0.3) is 5.91 Å². The maximum Gasteiger partial charge on any atom is 0.256 e. The smallest absolute Gasteiger partial charge is 0.256 e. The number of nitrogens with one attached hydrogen (secondary N) is 2. The maximum absolute atomic E-state index is 13.4. The van der Waals surface area contributed by atoms with Crippen molar-refractivity contribution < 1.29 is 27.4 Å². The fourth-order valence-electron chi connectivity index (χ4n) is 3.95. The molecule has 0 radical (unpaired) electrons. The minimum atomic E-state index is -3.93. The van der Waals surface area contributed by atoms with Crippen molar-refractivity contribution in [1.82, 2.24) is 9.29 Å². The Hall–Kier alpha value is -2.50. The van der Waals surface area contributed by atoms with Crippen LogP contribution in [0.15, 0.2) is 47.5 Å². The molecule has 1 fully saturated rings. The fourth-order valence-corrected chi connectivity index (χ4v) is 5.63.